The molecule has 1 heterocycles. The van der Waals surface area contributed by atoms with Crippen LogP contribution in [0.15, 0.2) is 76.0 Å². The Morgan fingerprint density at radius 3 is 2.21 bits per heavy atom. The van der Waals surface area contributed by atoms with Gasteiger partial charge in [0.25, 0.3) is 0 Å². The molecular formula is C42H56FN5O7S3. The number of carbonyl (C=O) groups excluding carboxylic acids is 3. The summed E-state index contributed by atoms with van der Waals surface area (Å²) >= 11 is 2.86. The van der Waals surface area contributed by atoms with Crippen molar-refractivity contribution in [2.45, 2.75) is 108 Å². The van der Waals surface area contributed by atoms with E-state index in [2.05, 4.69) is 4.72 Å². The molecule has 1 aromatic heterocycles. The van der Waals surface area contributed by atoms with Gasteiger partial charge in [0.15, 0.2) is 4.34 Å². The lowest BCUT2D eigenvalue weighted by Crippen LogP contribution is -2.64. The Balaban J connectivity index is 1.78. The van der Waals surface area contributed by atoms with E-state index in [0.717, 1.165) is 20.3 Å². The van der Waals surface area contributed by atoms with Gasteiger partial charge in [-0.3, -0.25) is 14.5 Å². The first-order valence-electron chi connectivity index (χ1n) is 19.0. The number of ether oxygens (including phenoxy) is 1. The van der Waals surface area contributed by atoms with Crippen molar-refractivity contribution < 1.29 is 37.0 Å². The quantitative estimate of drug-likeness (QED) is 0.0970. The number of rotatable bonds is 17. The largest absolute Gasteiger partial charge is 0.444 e. The SMILES string of the molecule is CSc1nc2c(CC(C)C)cc(S(=O)(=O)NC[C@@H](O)[C@H](Cc3ccccc3)N(C(=O)CN(Cc3cccc(F)c3)C(=O)OC(C)(C)C)[C@H](C(N)=O)C(C)(C)C)cc2s1. The number of nitrogens with two attached hydrogens (primary N) is 1. The number of nitrogens with one attached hydrogen (secondary N) is 1. The molecule has 3 atom stereocenters. The molecule has 4 rings (SSSR count). The predicted octanol–water partition coefficient (Wildman–Crippen LogP) is 6.77. The molecule has 0 saturated heterocycles. The van der Waals surface area contributed by atoms with Crippen LogP contribution in [0.1, 0.15) is 72.1 Å². The monoisotopic (exact) mass is 857 g/mol. The predicted molar refractivity (Wildman–Crippen MR) is 227 cm³/mol. The number of hydrogen-bond acceptors (Lipinski definition) is 10. The summed E-state index contributed by atoms with van der Waals surface area (Å²) in [4.78, 5) is 48.9. The lowest BCUT2D eigenvalue weighted by molar-refractivity contribution is -0.150. The minimum atomic E-state index is -4.24. The van der Waals surface area contributed by atoms with E-state index in [1.165, 1.54) is 46.2 Å². The number of aromatic nitrogens is 1. The van der Waals surface area contributed by atoms with Crippen LogP contribution in [0.25, 0.3) is 10.2 Å². The molecule has 0 unspecified atom stereocenters. The molecule has 0 aliphatic rings. The number of halogens is 1. The number of primary amides is 1. The molecule has 0 spiro atoms. The third-order valence-electron chi connectivity index (χ3n) is 9.11. The minimum absolute atomic E-state index is 0.00162. The molecule has 0 bridgehead atoms. The molecular weight excluding hydrogens is 802 g/mol. The third-order valence-corrected chi connectivity index (χ3v) is 12.5. The molecule has 0 radical (unpaired) electrons. The number of thiazole rings is 1. The number of amides is 3. The van der Waals surface area contributed by atoms with Crippen LogP contribution >= 0.6 is 23.1 Å². The summed E-state index contributed by atoms with van der Waals surface area (Å²) in [5, 5.41) is 12.1. The Labute approximate surface area is 349 Å². The van der Waals surface area contributed by atoms with Crippen molar-refractivity contribution in [2.75, 3.05) is 19.3 Å². The molecule has 0 saturated carbocycles. The molecule has 0 fully saturated rings. The highest BCUT2D eigenvalue weighted by Crippen LogP contribution is 2.34. The van der Waals surface area contributed by atoms with Gasteiger partial charge in [-0.1, -0.05) is 88.8 Å². The summed E-state index contributed by atoms with van der Waals surface area (Å²) in [6.45, 7) is 12.8. The number of benzene rings is 3. The van der Waals surface area contributed by atoms with Crippen LogP contribution in [0.5, 0.6) is 0 Å². The molecule has 316 valence electrons. The van der Waals surface area contributed by atoms with E-state index in [1.54, 1.807) is 90.1 Å². The number of sulfonamides is 1. The third kappa shape index (κ3) is 12.7. The Morgan fingerprint density at radius 1 is 0.983 bits per heavy atom. The maximum atomic E-state index is 14.8. The first kappa shape index (κ1) is 46.6. The van der Waals surface area contributed by atoms with E-state index in [4.69, 9.17) is 15.5 Å². The summed E-state index contributed by atoms with van der Waals surface area (Å²) in [6, 6.07) is 15.1. The molecule has 16 heteroatoms. The van der Waals surface area contributed by atoms with Crippen molar-refractivity contribution in [3.8, 4) is 0 Å². The zero-order valence-electron chi connectivity index (χ0n) is 34.6. The van der Waals surface area contributed by atoms with Gasteiger partial charge < -0.3 is 20.5 Å². The van der Waals surface area contributed by atoms with Gasteiger partial charge in [0.2, 0.25) is 21.8 Å². The summed E-state index contributed by atoms with van der Waals surface area (Å²) < 4.78 is 52.1. The van der Waals surface area contributed by atoms with Crippen molar-refractivity contribution in [2.24, 2.45) is 17.1 Å². The average molecular weight is 858 g/mol. The van der Waals surface area contributed by atoms with Crippen LogP contribution in [0, 0.1) is 17.2 Å². The van der Waals surface area contributed by atoms with Crippen LogP contribution in [0.2, 0.25) is 0 Å². The highest BCUT2D eigenvalue weighted by Gasteiger charge is 2.44. The van der Waals surface area contributed by atoms with E-state index in [9.17, 15) is 32.3 Å². The summed E-state index contributed by atoms with van der Waals surface area (Å²) in [6.07, 6.45) is 0.0175. The number of fused-ring (bicyclic) bond motifs is 1. The van der Waals surface area contributed by atoms with Crippen molar-refractivity contribution in [1.29, 1.82) is 0 Å². The van der Waals surface area contributed by atoms with Gasteiger partial charge in [0, 0.05) is 13.1 Å². The second kappa shape index (κ2) is 19.3. The number of nitrogens with zero attached hydrogens (tertiary/aromatic N) is 3. The lowest BCUT2D eigenvalue weighted by atomic mass is 9.83. The summed E-state index contributed by atoms with van der Waals surface area (Å²) in [5.41, 5.74) is 6.68. The van der Waals surface area contributed by atoms with Crippen molar-refractivity contribution in [3.05, 3.63) is 89.2 Å². The van der Waals surface area contributed by atoms with Gasteiger partial charge in [-0.2, -0.15) is 0 Å². The lowest BCUT2D eigenvalue weighted by Gasteiger charge is -2.45. The molecule has 12 nitrogen and oxygen atoms in total. The average Bonchev–Trinajstić information content (AvgIpc) is 3.54. The van der Waals surface area contributed by atoms with E-state index in [0.29, 0.717) is 22.2 Å². The molecule has 58 heavy (non-hydrogen) atoms. The summed E-state index contributed by atoms with van der Waals surface area (Å²) in [7, 11) is -4.24. The van der Waals surface area contributed by atoms with Crippen LogP contribution in [0.4, 0.5) is 9.18 Å². The second-order valence-electron chi connectivity index (χ2n) is 16.8. The van der Waals surface area contributed by atoms with E-state index in [1.807, 2.05) is 20.1 Å². The first-order chi connectivity index (χ1) is 27.0. The molecule has 4 aromatic rings. The van der Waals surface area contributed by atoms with Gasteiger partial charge in [0.05, 0.1) is 27.3 Å². The Hall–Kier alpha value is -4.09. The Kier molecular flexibility index (Phi) is 15.5. The Morgan fingerprint density at radius 2 is 1.64 bits per heavy atom. The standard InChI is InChI=1S/C42H56FN5O7S3/c1-26(2)18-29-21-31(22-34-36(29)46-39(56-9)57-34)58(53,54)45-23-33(49)32(20-27-14-11-10-12-15-27)48(37(38(44)51)41(3,4)5)35(50)25-47(40(52)55-42(6,7)8)24-28-16-13-17-30(43)19-28/h10-17,19,21-22,26,32-33,37,45,49H,18,20,23-25H2,1-9H3,(H2,44,51)/t32-,33+,37+/m0/s1. The summed E-state index contributed by atoms with van der Waals surface area (Å²) in [5.74, 6) is -1.97. The smallest absolute Gasteiger partial charge is 0.411 e. The first-order valence-corrected chi connectivity index (χ1v) is 22.5. The van der Waals surface area contributed by atoms with Gasteiger partial charge in [-0.15, -0.1) is 11.3 Å². The number of aliphatic hydroxyl groups excluding tert-OH is 1. The molecule has 0 aliphatic carbocycles. The molecule has 3 aromatic carbocycles. The molecule has 3 amide bonds. The van der Waals surface area contributed by atoms with Gasteiger partial charge >= 0.3 is 6.09 Å². The highest BCUT2D eigenvalue weighted by atomic mass is 32.2. The van der Waals surface area contributed by atoms with Crippen molar-refractivity contribution in [1.82, 2.24) is 19.5 Å². The Bertz CT molecular complexity index is 2170. The number of carbonyl (C=O) groups is 3. The maximum Gasteiger partial charge on any atom is 0.411 e. The minimum Gasteiger partial charge on any atom is -0.444 e. The maximum absolute atomic E-state index is 14.8. The van der Waals surface area contributed by atoms with Gasteiger partial charge in [-0.25, -0.2) is 27.3 Å². The van der Waals surface area contributed by atoms with Crippen molar-refractivity contribution in [3.63, 3.8) is 0 Å². The van der Waals surface area contributed by atoms with E-state index in [-0.39, 0.29) is 23.8 Å². The second-order valence-corrected chi connectivity index (χ2v) is 20.7. The van der Waals surface area contributed by atoms with E-state index >= 15 is 0 Å². The molecule has 4 N–H and O–H groups in total. The van der Waals surface area contributed by atoms with Crippen LogP contribution in [-0.2, 0) is 43.7 Å². The fourth-order valence-electron chi connectivity index (χ4n) is 6.69. The fourth-order valence-corrected chi connectivity index (χ4v) is 9.46. The molecule has 0 aliphatic heterocycles. The van der Waals surface area contributed by atoms with Crippen LogP contribution in [-0.4, -0.2) is 89.3 Å². The number of hydrogen-bond donors (Lipinski definition) is 3. The number of thioether (sulfide) groups is 1. The topological polar surface area (TPSA) is 172 Å². The fraction of sp³-hybridized carbons (Fsp3) is 0.476. The van der Waals surface area contributed by atoms with Crippen LogP contribution in [0.3, 0.4) is 0 Å². The van der Waals surface area contributed by atoms with Gasteiger partial charge in [-0.05, 0) is 92.2 Å². The number of aliphatic hydroxyl groups is 1. The van der Waals surface area contributed by atoms with Crippen molar-refractivity contribution >= 4 is 61.2 Å². The van der Waals surface area contributed by atoms with Gasteiger partial charge in [0.1, 0.15) is 24.0 Å². The zero-order chi connectivity index (χ0) is 43.2. The normalized spacial score (nSPS) is 13.9. The highest BCUT2D eigenvalue weighted by molar-refractivity contribution is 8.00. The zero-order valence-corrected chi connectivity index (χ0v) is 37.1. The van der Waals surface area contributed by atoms with Crippen LogP contribution < -0.4 is 10.5 Å². The van der Waals surface area contributed by atoms with E-state index < -0.39 is 76.0 Å².